The second kappa shape index (κ2) is 4.45. The molecule has 2 radical (unpaired) electrons. The van der Waals surface area contributed by atoms with Crippen molar-refractivity contribution in [2.75, 3.05) is 0 Å². The molecule has 0 aromatic carbocycles. The van der Waals surface area contributed by atoms with Crippen LogP contribution in [0.4, 0.5) is 4.79 Å². The monoisotopic (exact) mass is 225 g/mol. The number of carbonyl (C=O) groups excluding carboxylic acids is 1. The number of hydrogen-bond donors (Lipinski definition) is 1. The summed E-state index contributed by atoms with van der Waals surface area (Å²) in [6.45, 7) is 5.30. The zero-order chi connectivity index (χ0) is 12.5. The van der Waals surface area contributed by atoms with Crippen LogP contribution in [0.25, 0.3) is 0 Å². The van der Waals surface area contributed by atoms with Crippen molar-refractivity contribution >= 4 is 19.6 Å². The summed E-state index contributed by atoms with van der Waals surface area (Å²) in [5.41, 5.74) is -0.841. The predicted molar refractivity (Wildman–Crippen MR) is 58.3 cm³/mol. The van der Waals surface area contributed by atoms with Gasteiger partial charge in [-0.15, -0.1) is 0 Å². The van der Waals surface area contributed by atoms with Crippen LogP contribution in [-0.4, -0.2) is 47.5 Å². The van der Waals surface area contributed by atoms with Crippen molar-refractivity contribution < 1.29 is 19.4 Å². The molecular formula is C10H16BNO4. The highest BCUT2D eigenvalue weighted by molar-refractivity contribution is 6.57. The van der Waals surface area contributed by atoms with Gasteiger partial charge in [0.2, 0.25) is 7.85 Å². The third-order valence-electron chi connectivity index (χ3n) is 2.81. The summed E-state index contributed by atoms with van der Waals surface area (Å²) in [5.74, 6) is -1.52. The molecule has 0 saturated carbocycles. The lowest BCUT2D eigenvalue weighted by Gasteiger charge is -2.33. The van der Waals surface area contributed by atoms with Gasteiger partial charge < -0.3 is 14.7 Å². The predicted octanol–water partition coefficient (Wildman–Crippen LogP) is 0.965. The van der Waals surface area contributed by atoms with Crippen LogP contribution in [0.2, 0.25) is 0 Å². The SMILES string of the molecule is [B]C(=O)N1C(CC)C(CC(=O)O)OC1(C)C. The summed E-state index contributed by atoms with van der Waals surface area (Å²) in [6, 6.07) is -0.274. The van der Waals surface area contributed by atoms with E-state index >= 15 is 0 Å². The molecule has 0 bridgehead atoms. The van der Waals surface area contributed by atoms with Gasteiger partial charge in [0.1, 0.15) is 5.72 Å². The van der Waals surface area contributed by atoms with E-state index in [4.69, 9.17) is 17.7 Å². The molecule has 0 aromatic rings. The summed E-state index contributed by atoms with van der Waals surface area (Å²) in [4.78, 5) is 23.4. The Morgan fingerprint density at radius 3 is 2.44 bits per heavy atom. The smallest absolute Gasteiger partial charge is 0.306 e. The summed E-state index contributed by atoms with van der Waals surface area (Å²) in [6.07, 6.45) is 0.000694. The molecule has 1 saturated heterocycles. The molecule has 2 atom stereocenters. The van der Waals surface area contributed by atoms with Crippen LogP contribution in [0.15, 0.2) is 0 Å². The van der Waals surface area contributed by atoms with Gasteiger partial charge in [-0.3, -0.25) is 9.59 Å². The fourth-order valence-electron chi connectivity index (χ4n) is 2.30. The van der Waals surface area contributed by atoms with E-state index < -0.39 is 23.6 Å². The van der Waals surface area contributed by atoms with Gasteiger partial charge in [-0.2, -0.15) is 0 Å². The van der Waals surface area contributed by atoms with Crippen LogP contribution in [0, 0.1) is 0 Å². The van der Waals surface area contributed by atoms with E-state index in [0.717, 1.165) is 0 Å². The van der Waals surface area contributed by atoms with E-state index in [-0.39, 0.29) is 12.5 Å². The summed E-state index contributed by atoms with van der Waals surface area (Å²) in [5, 5.41) is 8.77. The van der Waals surface area contributed by atoms with E-state index in [1.807, 2.05) is 6.92 Å². The highest BCUT2D eigenvalue weighted by atomic mass is 16.5. The molecule has 1 rings (SSSR count). The van der Waals surface area contributed by atoms with E-state index in [0.29, 0.717) is 6.42 Å². The van der Waals surface area contributed by atoms with Gasteiger partial charge in [0.25, 0.3) is 0 Å². The maximum Gasteiger partial charge on any atom is 0.306 e. The Morgan fingerprint density at radius 2 is 2.06 bits per heavy atom. The minimum atomic E-state index is -0.939. The number of rotatable bonds is 3. The van der Waals surface area contributed by atoms with Gasteiger partial charge in [-0.05, 0) is 20.3 Å². The van der Waals surface area contributed by atoms with Crippen LogP contribution < -0.4 is 0 Å². The Bertz CT molecular complexity index is 305. The Morgan fingerprint density at radius 1 is 1.50 bits per heavy atom. The lowest BCUT2D eigenvalue weighted by molar-refractivity contribution is -0.141. The van der Waals surface area contributed by atoms with E-state index in [1.165, 1.54) is 4.90 Å². The molecule has 1 N–H and O–H groups in total. The highest BCUT2D eigenvalue weighted by Crippen LogP contribution is 2.34. The molecule has 1 aliphatic heterocycles. The Kier molecular flexibility index (Phi) is 3.63. The number of carbonyl (C=O) groups is 2. The average molecular weight is 225 g/mol. The number of carboxylic acid groups (broad SMARTS) is 1. The molecule has 2 unspecified atom stereocenters. The normalized spacial score (nSPS) is 28.1. The third-order valence-corrected chi connectivity index (χ3v) is 2.81. The quantitative estimate of drug-likeness (QED) is 0.726. The molecule has 0 aliphatic carbocycles. The summed E-state index contributed by atoms with van der Waals surface area (Å²) >= 11 is 0. The molecule has 6 heteroatoms. The summed E-state index contributed by atoms with van der Waals surface area (Å²) < 4.78 is 5.58. The van der Waals surface area contributed by atoms with Crippen molar-refractivity contribution in [3.05, 3.63) is 0 Å². The van der Waals surface area contributed by atoms with Crippen molar-refractivity contribution in [1.82, 2.24) is 4.90 Å². The molecule has 1 heterocycles. The standard InChI is InChI=1S/C10H16BNO4/c1-4-6-7(5-8(13)14)16-10(2,3)12(6)9(11)15/h6-7H,4-5H2,1-3H3,(H,13,14). The van der Waals surface area contributed by atoms with Crippen molar-refractivity contribution in [1.29, 1.82) is 0 Å². The minimum Gasteiger partial charge on any atom is -0.481 e. The zero-order valence-corrected chi connectivity index (χ0v) is 9.77. The third kappa shape index (κ3) is 2.37. The number of hydrogen-bond acceptors (Lipinski definition) is 3. The van der Waals surface area contributed by atoms with Gasteiger partial charge in [-0.25, -0.2) is 0 Å². The van der Waals surface area contributed by atoms with E-state index in [2.05, 4.69) is 0 Å². The Labute approximate surface area is 96.2 Å². The van der Waals surface area contributed by atoms with Crippen LogP contribution in [0.1, 0.15) is 33.6 Å². The van der Waals surface area contributed by atoms with Crippen molar-refractivity contribution in [3.8, 4) is 0 Å². The second-order valence-corrected chi connectivity index (χ2v) is 4.38. The first kappa shape index (κ1) is 13.0. The van der Waals surface area contributed by atoms with Gasteiger partial charge in [0.05, 0.1) is 18.6 Å². The maximum atomic E-state index is 11.3. The molecule has 0 aromatic heterocycles. The first-order valence-corrected chi connectivity index (χ1v) is 5.28. The largest absolute Gasteiger partial charge is 0.481 e. The topological polar surface area (TPSA) is 66.8 Å². The highest BCUT2D eigenvalue weighted by Gasteiger charge is 2.47. The summed E-state index contributed by atoms with van der Waals surface area (Å²) in [7, 11) is 5.29. The number of aliphatic carboxylic acids is 1. The van der Waals surface area contributed by atoms with Crippen LogP contribution in [0.3, 0.4) is 0 Å². The molecular weight excluding hydrogens is 209 g/mol. The van der Waals surface area contributed by atoms with Crippen LogP contribution in [0.5, 0.6) is 0 Å². The molecule has 88 valence electrons. The number of ether oxygens (including phenoxy) is 1. The van der Waals surface area contributed by atoms with Crippen molar-refractivity contribution in [2.24, 2.45) is 0 Å². The first-order chi connectivity index (χ1) is 7.29. The van der Waals surface area contributed by atoms with E-state index in [9.17, 15) is 9.59 Å². The van der Waals surface area contributed by atoms with E-state index in [1.54, 1.807) is 13.8 Å². The van der Waals surface area contributed by atoms with Crippen LogP contribution in [-0.2, 0) is 9.53 Å². The lowest BCUT2D eigenvalue weighted by atomic mass is 9.99. The molecule has 1 aliphatic rings. The lowest BCUT2D eigenvalue weighted by Crippen LogP contribution is -2.47. The van der Waals surface area contributed by atoms with Crippen LogP contribution >= 0.6 is 0 Å². The zero-order valence-electron chi connectivity index (χ0n) is 9.77. The minimum absolute atomic E-state index is 0.119. The van der Waals surface area contributed by atoms with Crippen molar-refractivity contribution in [2.45, 2.75) is 51.5 Å². The Balaban J connectivity index is 2.92. The molecule has 16 heavy (non-hydrogen) atoms. The number of amides is 1. The molecule has 1 fully saturated rings. The maximum absolute atomic E-state index is 11.3. The fraction of sp³-hybridized carbons (Fsp3) is 0.800. The number of carboxylic acids is 1. The first-order valence-electron chi connectivity index (χ1n) is 5.28. The van der Waals surface area contributed by atoms with Gasteiger partial charge in [0.15, 0.2) is 5.81 Å². The molecule has 1 amide bonds. The fourth-order valence-corrected chi connectivity index (χ4v) is 2.30. The number of nitrogens with zero attached hydrogens (tertiary/aromatic N) is 1. The van der Waals surface area contributed by atoms with Gasteiger partial charge in [-0.1, -0.05) is 6.92 Å². The van der Waals surface area contributed by atoms with Gasteiger partial charge >= 0.3 is 5.97 Å². The van der Waals surface area contributed by atoms with Crippen molar-refractivity contribution in [3.63, 3.8) is 0 Å². The molecule has 5 nitrogen and oxygen atoms in total. The van der Waals surface area contributed by atoms with Gasteiger partial charge in [0, 0.05) is 0 Å². The Hall–Kier alpha value is -1.04. The average Bonchev–Trinajstić information content (AvgIpc) is 2.34. The second-order valence-electron chi connectivity index (χ2n) is 4.38. The molecule has 0 spiro atoms.